The summed E-state index contributed by atoms with van der Waals surface area (Å²) in [5.74, 6) is -1.17. The average molecular weight is 534 g/mol. The molecular formula is C21H19BrF3NO5S. The predicted molar refractivity (Wildman–Crippen MR) is 113 cm³/mol. The van der Waals surface area contributed by atoms with Crippen LogP contribution in [0.1, 0.15) is 31.2 Å². The summed E-state index contributed by atoms with van der Waals surface area (Å²) in [7, 11) is -4.36. The van der Waals surface area contributed by atoms with Crippen LogP contribution >= 0.6 is 15.9 Å². The Morgan fingerprint density at radius 2 is 1.84 bits per heavy atom. The van der Waals surface area contributed by atoms with Crippen LogP contribution in [-0.2, 0) is 21.0 Å². The van der Waals surface area contributed by atoms with Crippen molar-refractivity contribution in [2.24, 2.45) is 5.92 Å². The molecule has 0 aromatic heterocycles. The number of nitrogens with zero attached hydrogens (tertiary/aromatic N) is 1. The molecule has 2 aromatic rings. The number of ether oxygens (including phenoxy) is 1. The van der Waals surface area contributed by atoms with Crippen molar-refractivity contribution in [1.82, 2.24) is 0 Å². The van der Waals surface area contributed by atoms with E-state index in [-0.39, 0.29) is 18.0 Å². The van der Waals surface area contributed by atoms with Crippen LogP contribution in [0, 0.1) is 5.92 Å². The first-order valence-electron chi connectivity index (χ1n) is 9.83. The molecule has 2 aromatic carbocycles. The zero-order valence-corrected chi connectivity index (χ0v) is 19.0. The number of aliphatic carboxylic acids is 1. The maximum atomic E-state index is 13.5. The summed E-state index contributed by atoms with van der Waals surface area (Å²) in [6, 6.07) is 8.44. The number of sulfonamides is 1. The van der Waals surface area contributed by atoms with Crippen molar-refractivity contribution < 1.29 is 36.2 Å². The number of hydrogen-bond donors (Lipinski definition) is 1. The van der Waals surface area contributed by atoms with E-state index >= 15 is 0 Å². The molecule has 32 heavy (non-hydrogen) atoms. The Kier molecular flexibility index (Phi) is 5.69. The third-order valence-corrected chi connectivity index (χ3v) is 8.19. The smallest absolute Gasteiger partial charge is 0.416 e. The van der Waals surface area contributed by atoms with E-state index in [1.54, 1.807) is 12.1 Å². The first-order valence-corrected chi connectivity index (χ1v) is 12.1. The zero-order valence-electron chi connectivity index (χ0n) is 16.6. The second-order valence-corrected chi connectivity index (χ2v) is 10.8. The van der Waals surface area contributed by atoms with Crippen LogP contribution in [0.5, 0.6) is 5.75 Å². The highest BCUT2D eigenvalue weighted by molar-refractivity contribution is 9.10. The third-order valence-electron chi connectivity index (χ3n) is 5.94. The second kappa shape index (κ2) is 7.95. The lowest BCUT2D eigenvalue weighted by molar-refractivity contribution is -0.144. The first-order chi connectivity index (χ1) is 14.9. The monoisotopic (exact) mass is 533 g/mol. The molecule has 11 heteroatoms. The Labute approximate surface area is 191 Å². The molecule has 4 rings (SSSR count). The number of carbonyl (C=O) groups is 1. The third kappa shape index (κ3) is 4.19. The number of alkyl halides is 3. The van der Waals surface area contributed by atoms with Gasteiger partial charge in [0.25, 0.3) is 10.0 Å². The molecule has 1 heterocycles. The van der Waals surface area contributed by atoms with Crippen molar-refractivity contribution in [3.63, 3.8) is 0 Å². The zero-order chi connectivity index (χ0) is 23.3. The van der Waals surface area contributed by atoms with Gasteiger partial charge >= 0.3 is 12.1 Å². The quantitative estimate of drug-likeness (QED) is 0.595. The van der Waals surface area contributed by atoms with Gasteiger partial charge in [0.05, 0.1) is 28.6 Å². The van der Waals surface area contributed by atoms with Crippen LogP contribution < -0.4 is 9.04 Å². The van der Waals surface area contributed by atoms with Crippen molar-refractivity contribution in [2.75, 3.05) is 10.8 Å². The van der Waals surface area contributed by atoms with Crippen molar-refractivity contribution in [1.29, 1.82) is 0 Å². The van der Waals surface area contributed by atoms with Crippen LogP contribution in [0.4, 0.5) is 18.9 Å². The maximum Gasteiger partial charge on any atom is 0.416 e. The summed E-state index contributed by atoms with van der Waals surface area (Å²) >= 11 is 3.30. The molecule has 1 fully saturated rings. The van der Waals surface area contributed by atoms with E-state index in [1.807, 2.05) is 0 Å². The normalized spacial score (nSPS) is 23.5. The van der Waals surface area contributed by atoms with Crippen LogP contribution in [0.25, 0.3) is 0 Å². The Morgan fingerprint density at radius 1 is 1.16 bits per heavy atom. The number of benzene rings is 2. The number of hydrogen-bond acceptors (Lipinski definition) is 4. The van der Waals surface area contributed by atoms with Gasteiger partial charge in [0, 0.05) is 4.47 Å². The molecule has 172 valence electrons. The highest BCUT2D eigenvalue weighted by Gasteiger charge is 2.47. The van der Waals surface area contributed by atoms with Gasteiger partial charge in [0.15, 0.2) is 0 Å². The Bertz CT molecular complexity index is 1160. The Morgan fingerprint density at radius 3 is 2.47 bits per heavy atom. The number of carboxylic acid groups (broad SMARTS) is 1. The minimum Gasteiger partial charge on any atom is -0.483 e. The van der Waals surface area contributed by atoms with E-state index in [2.05, 4.69) is 15.9 Å². The molecular weight excluding hydrogens is 515 g/mol. The van der Waals surface area contributed by atoms with Crippen LogP contribution in [0.15, 0.2) is 51.8 Å². The largest absolute Gasteiger partial charge is 0.483 e. The van der Waals surface area contributed by atoms with Crippen molar-refractivity contribution >= 4 is 37.6 Å². The molecule has 0 atom stereocenters. The summed E-state index contributed by atoms with van der Waals surface area (Å²) in [6.45, 7) is -0.124. The average Bonchev–Trinajstić information content (AvgIpc) is 2.73. The number of anilines is 1. The molecule has 6 nitrogen and oxygen atoms in total. The molecule has 0 amide bonds. The summed E-state index contributed by atoms with van der Waals surface area (Å²) in [4.78, 5) is 10.9. The molecule has 1 saturated carbocycles. The maximum absolute atomic E-state index is 13.5. The highest BCUT2D eigenvalue weighted by atomic mass is 79.9. The van der Waals surface area contributed by atoms with Gasteiger partial charge in [-0.15, -0.1) is 0 Å². The molecule has 2 aliphatic rings. The topological polar surface area (TPSA) is 83.9 Å². The summed E-state index contributed by atoms with van der Waals surface area (Å²) in [6.07, 6.45) is -3.42. The van der Waals surface area contributed by atoms with Gasteiger partial charge in [-0.05, 0) is 62.1 Å². The molecule has 1 spiro atoms. The van der Waals surface area contributed by atoms with Crippen molar-refractivity contribution in [2.45, 2.75) is 42.4 Å². The standard InChI is InChI=1S/C21H19BrF3NO5S/c22-15-4-5-18-17(11-15)26(12-20(31-18)8-6-13(7-9-20)19(27)28)32(29,30)16-3-1-2-14(10-16)21(23,24)25/h1-5,10-11,13H,6-9,12H2,(H,27,28). The molecule has 0 radical (unpaired) electrons. The van der Waals surface area contributed by atoms with Gasteiger partial charge in [0.1, 0.15) is 11.4 Å². The van der Waals surface area contributed by atoms with Gasteiger partial charge < -0.3 is 9.84 Å². The SMILES string of the molecule is O=C(O)C1CCC2(CC1)CN(S(=O)(=O)c1cccc(C(F)(F)F)c1)c1cc(Br)ccc1O2. The Balaban J connectivity index is 1.77. The number of rotatable bonds is 3. The second-order valence-electron chi connectivity index (χ2n) is 8.05. The Hall–Kier alpha value is -2.27. The van der Waals surface area contributed by atoms with E-state index in [1.165, 1.54) is 6.07 Å². The van der Waals surface area contributed by atoms with E-state index in [0.29, 0.717) is 36.2 Å². The van der Waals surface area contributed by atoms with Gasteiger partial charge in [-0.2, -0.15) is 13.2 Å². The van der Waals surface area contributed by atoms with Gasteiger partial charge in [-0.1, -0.05) is 22.0 Å². The molecule has 1 N–H and O–H groups in total. The lowest BCUT2D eigenvalue weighted by atomic mass is 9.78. The number of halogens is 4. The van der Waals surface area contributed by atoms with Crippen LogP contribution in [0.2, 0.25) is 0 Å². The van der Waals surface area contributed by atoms with Gasteiger partial charge in [-0.25, -0.2) is 8.42 Å². The van der Waals surface area contributed by atoms with E-state index in [9.17, 15) is 31.5 Å². The molecule has 0 saturated heterocycles. The lowest BCUT2D eigenvalue weighted by Gasteiger charge is -2.46. The molecule has 1 aliphatic heterocycles. The minimum atomic E-state index is -4.69. The highest BCUT2D eigenvalue weighted by Crippen LogP contribution is 2.47. The number of carboxylic acids is 1. The minimum absolute atomic E-state index is 0.124. The first kappa shape index (κ1) is 22.9. The summed E-state index contributed by atoms with van der Waals surface area (Å²) in [5, 5.41) is 9.29. The van der Waals surface area contributed by atoms with Crippen LogP contribution in [0.3, 0.4) is 0 Å². The fourth-order valence-corrected chi connectivity index (χ4v) is 6.15. The number of fused-ring (bicyclic) bond motifs is 1. The molecule has 0 bridgehead atoms. The predicted octanol–water partition coefficient (Wildman–Crippen LogP) is 5.07. The fraction of sp³-hybridized carbons (Fsp3) is 0.381. The summed E-state index contributed by atoms with van der Waals surface area (Å²) in [5.41, 5.74) is -1.80. The van der Waals surface area contributed by atoms with Crippen molar-refractivity contribution in [3.8, 4) is 5.75 Å². The van der Waals surface area contributed by atoms with Crippen molar-refractivity contribution in [3.05, 3.63) is 52.5 Å². The lowest BCUT2D eigenvalue weighted by Crippen LogP contribution is -2.54. The fourth-order valence-electron chi connectivity index (χ4n) is 4.21. The molecule has 0 unspecified atom stereocenters. The van der Waals surface area contributed by atoms with E-state index in [4.69, 9.17) is 4.74 Å². The van der Waals surface area contributed by atoms with Gasteiger partial charge in [-0.3, -0.25) is 9.10 Å². The van der Waals surface area contributed by atoms with Gasteiger partial charge in [0.2, 0.25) is 0 Å². The van der Waals surface area contributed by atoms with Crippen LogP contribution in [-0.4, -0.2) is 31.6 Å². The van der Waals surface area contributed by atoms with E-state index in [0.717, 1.165) is 22.5 Å². The summed E-state index contributed by atoms with van der Waals surface area (Å²) < 4.78 is 74.5. The molecule has 1 aliphatic carbocycles. The van der Waals surface area contributed by atoms with E-state index < -0.39 is 44.1 Å².